The molecular weight excluding hydrogens is 210 g/mol. The summed E-state index contributed by atoms with van der Waals surface area (Å²) in [4.78, 5) is 10.6. The predicted octanol–water partition coefficient (Wildman–Crippen LogP) is -2.74. The van der Waals surface area contributed by atoms with Gasteiger partial charge < -0.3 is 26.2 Å². The van der Waals surface area contributed by atoms with E-state index in [1.165, 1.54) is 21.1 Å². The third-order valence-corrected chi connectivity index (χ3v) is 0.576. The van der Waals surface area contributed by atoms with Gasteiger partial charge in [0.05, 0.1) is 26.6 Å². The minimum atomic E-state index is -2.64. The molecule has 0 amide bonds. The van der Waals surface area contributed by atoms with Gasteiger partial charge in [-0.3, -0.25) is 4.79 Å². The Kier molecular flexibility index (Phi) is 3.24. The smallest absolute Gasteiger partial charge is 0.302 e. The third kappa shape index (κ3) is 13.0. The first-order chi connectivity index (χ1) is 5.92. The molecule has 4 heteroatoms. The molecule has 0 N–H and O–H groups in total. The van der Waals surface area contributed by atoms with Crippen LogP contribution in [0.5, 0.6) is 0 Å². The zero-order chi connectivity index (χ0) is 11.8. The number of quaternary nitrogens is 1. The lowest BCUT2D eigenvalue weighted by atomic mass is 10.5. The lowest BCUT2D eigenvalue weighted by Crippen LogP contribution is -3.00. The normalized spacial score (nSPS) is 18.2. The summed E-state index contributed by atoms with van der Waals surface area (Å²) in [5.41, 5.74) is 0. The van der Waals surface area contributed by atoms with Crippen molar-refractivity contribution in [1.29, 1.82) is 0 Å². The molecule has 0 bridgehead atoms. The summed E-state index contributed by atoms with van der Waals surface area (Å²) < 4.78 is 33.9. The molecule has 0 aromatic rings. The maximum absolute atomic E-state index is 10.6. The minimum Gasteiger partial charge on any atom is -1.00 e. The van der Waals surface area contributed by atoms with Crippen LogP contribution in [-0.2, 0) is 9.53 Å². The molecule has 0 unspecified atom stereocenters. The highest BCUT2D eigenvalue weighted by Crippen LogP contribution is 1.88. The Morgan fingerprint density at radius 1 is 1.55 bits per heavy atom. The molecule has 68 valence electrons. The molecule has 0 aliphatic heterocycles. The molecule has 0 radical (unpaired) electrons. The average Bonchev–Trinajstić information content (AvgIpc) is 1.80. The first-order valence-electron chi connectivity index (χ1n) is 4.93. The van der Waals surface area contributed by atoms with Crippen molar-refractivity contribution >= 4 is 5.97 Å². The van der Waals surface area contributed by atoms with E-state index in [9.17, 15) is 4.79 Å². The van der Waals surface area contributed by atoms with Gasteiger partial charge in [-0.25, -0.2) is 0 Å². The molecule has 0 aromatic heterocycles. The number of nitrogens with zero attached hydrogens (tertiary/aromatic N) is 1. The van der Waals surface area contributed by atoms with Crippen LogP contribution in [0.25, 0.3) is 0 Å². The summed E-state index contributed by atoms with van der Waals surface area (Å²) in [5, 5.41) is 0. The topological polar surface area (TPSA) is 26.3 Å². The second-order valence-electron chi connectivity index (χ2n) is 2.82. The molecule has 0 spiro atoms. The summed E-state index contributed by atoms with van der Waals surface area (Å²) in [6.45, 7) is -3.90. The molecule has 0 aromatic carbocycles. The summed E-state index contributed by atoms with van der Waals surface area (Å²) >= 11 is 0. The summed E-state index contributed by atoms with van der Waals surface area (Å²) in [6, 6.07) is 0. The molecule has 3 nitrogen and oxygen atoms in total. The largest absolute Gasteiger partial charge is 1.00 e. The van der Waals surface area contributed by atoms with E-state index in [2.05, 4.69) is 4.74 Å². The van der Waals surface area contributed by atoms with Gasteiger partial charge in [0.2, 0.25) is 0 Å². The quantitative estimate of drug-likeness (QED) is 0.388. The van der Waals surface area contributed by atoms with Gasteiger partial charge in [-0.1, -0.05) is 0 Å². The van der Waals surface area contributed by atoms with Crippen molar-refractivity contribution in [3.63, 3.8) is 0 Å². The van der Waals surface area contributed by atoms with Gasteiger partial charge in [0.15, 0.2) is 0 Å². The van der Waals surface area contributed by atoms with Gasteiger partial charge in [-0.15, -0.1) is 0 Å². The second kappa shape index (κ2) is 5.55. The zero-order valence-corrected chi connectivity index (χ0v) is 8.73. The molecule has 0 saturated heterocycles. The second-order valence-corrected chi connectivity index (χ2v) is 2.82. The Hall–Kier alpha value is -0.0900. The average molecular weight is 230 g/mol. The van der Waals surface area contributed by atoms with Crippen LogP contribution in [0, 0.1) is 0 Å². The highest BCUT2D eigenvalue weighted by Gasteiger charge is 2.06. The van der Waals surface area contributed by atoms with Crippen LogP contribution in [0.15, 0.2) is 0 Å². The zero-order valence-electron chi connectivity index (χ0n) is 11.1. The lowest BCUT2D eigenvalue weighted by molar-refractivity contribution is -0.870. The van der Waals surface area contributed by atoms with Gasteiger partial charge in [-0.05, 0) is 0 Å². The van der Waals surface area contributed by atoms with Gasteiger partial charge in [0.25, 0.3) is 0 Å². The van der Waals surface area contributed by atoms with Crippen molar-refractivity contribution in [2.45, 2.75) is 6.92 Å². The van der Waals surface area contributed by atoms with Gasteiger partial charge in [-0.2, -0.15) is 0 Å². The van der Waals surface area contributed by atoms with E-state index in [1.807, 2.05) is 0 Å². The minimum absolute atomic E-state index is 0. The van der Waals surface area contributed by atoms with E-state index in [0.717, 1.165) is 6.92 Å². The fourth-order valence-electron chi connectivity index (χ4n) is 0.232. The number of hydrogen-bond acceptors (Lipinski definition) is 2. The maximum atomic E-state index is 10.6. The van der Waals surface area contributed by atoms with Gasteiger partial charge in [0, 0.05) is 6.92 Å². The third-order valence-electron chi connectivity index (χ3n) is 0.576. The molecule has 0 atom stereocenters. The highest BCUT2D eigenvalue weighted by molar-refractivity contribution is 5.65. The van der Waals surface area contributed by atoms with Crippen molar-refractivity contribution in [2.24, 2.45) is 0 Å². The SMILES string of the molecule is [2H]C([2H])(OC(C)=O)C([2H])([2H])[N+](C)(C)C.[Br-]. The van der Waals surface area contributed by atoms with E-state index in [1.54, 1.807) is 0 Å². The number of rotatable bonds is 3. The molecule has 0 rings (SSSR count). The standard InChI is InChI=1S/C7H16NO2.BrH/c1-7(9)10-6-5-8(2,3)4;/h5-6H2,1-4H3;1H/q+1;/p-1/i5D2,6D2;. The Morgan fingerprint density at radius 2 is 2.00 bits per heavy atom. The predicted molar refractivity (Wildman–Crippen MR) is 39.5 cm³/mol. The molecule has 0 aliphatic rings. The van der Waals surface area contributed by atoms with Crippen LogP contribution >= 0.6 is 0 Å². The van der Waals surface area contributed by atoms with Crippen LogP contribution in [-0.4, -0.2) is 44.7 Å². The maximum Gasteiger partial charge on any atom is 0.302 e. The fourth-order valence-corrected chi connectivity index (χ4v) is 0.232. The van der Waals surface area contributed by atoms with Crippen molar-refractivity contribution in [1.82, 2.24) is 0 Å². The Labute approximate surface area is 84.3 Å². The first-order valence-corrected chi connectivity index (χ1v) is 2.93. The molecule has 11 heavy (non-hydrogen) atoms. The number of carbonyl (C=O) groups is 1. The van der Waals surface area contributed by atoms with Crippen molar-refractivity contribution in [2.75, 3.05) is 34.2 Å². The number of esters is 1. The van der Waals surface area contributed by atoms with Crippen molar-refractivity contribution in [3.8, 4) is 0 Å². The van der Waals surface area contributed by atoms with E-state index in [4.69, 9.17) is 5.48 Å². The van der Waals surface area contributed by atoms with Gasteiger partial charge >= 0.3 is 5.97 Å². The van der Waals surface area contributed by atoms with Crippen molar-refractivity contribution in [3.05, 3.63) is 0 Å². The van der Waals surface area contributed by atoms with E-state index < -0.39 is 19.0 Å². The van der Waals surface area contributed by atoms with Crippen LogP contribution in [0.1, 0.15) is 12.4 Å². The number of likely N-dealkylation sites (N-methyl/N-ethyl adjacent to an activating group) is 1. The highest BCUT2D eigenvalue weighted by atomic mass is 79.9. The monoisotopic (exact) mass is 229 g/mol. The summed E-state index contributed by atoms with van der Waals surface area (Å²) in [5.74, 6) is -0.840. The Bertz CT molecular complexity index is 240. The first kappa shape index (κ1) is 6.43. The van der Waals surface area contributed by atoms with Crippen LogP contribution in [0.3, 0.4) is 0 Å². The molecule has 0 fully saturated rings. The lowest BCUT2D eigenvalue weighted by Gasteiger charge is -2.23. The number of hydrogen-bond donors (Lipinski definition) is 0. The number of halogens is 1. The molecule has 0 saturated carbocycles. The molecule has 0 aliphatic carbocycles. The van der Waals surface area contributed by atoms with Crippen LogP contribution in [0.2, 0.25) is 0 Å². The summed E-state index contributed by atoms with van der Waals surface area (Å²) in [6.07, 6.45) is 0. The van der Waals surface area contributed by atoms with Crippen molar-refractivity contribution < 1.29 is 36.5 Å². The van der Waals surface area contributed by atoms with E-state index >= 15 is 0 Å². The van der Waals surface area contributed by atoms with Crippen LogP contribution in [0.4, 0.5) is 0 Å². The summed E-state index contributed by atoms with van der Waals surface area (Å²) in [7, 11) is 4.46. The van der Waals surface area contributed by atoms with E-state index in [0.29, 0.717) is 0 Å². The fraction of sp³-hybridized carbons (Fsp3) is 0.857. The number of carbonyl (C=O) groups excluding carboxylic acids is 1. The Morgan fingerprint density at radius 3 is 2.27 bits per heavy atom. The molecular formula is C7H16BrNO2. The molecule has 0 heterocycles. The number of ether oxygens (including phenoxy) is 1. The van der Waals surface area contributed by atoms with Gasteiger partial charge in [0.1, 0.15) is 13.1 Å². The van der Waals surface area contributed by atoms with Crippen LogP contribution < -0.4 is 17.0 Å². The van der Waals surface area contributed by atoms with E-state index in [-0.39, 0.29) is 21.5 Å². The Balaban J connectivity index is 0.